The van der Waals surface area contributed by atoms with Crippen LogP contribution in [0.4, 0.5) is 28.9 Å². The quantitative estimate of drug-likeness (QED) is 0.429. The van der Waals surface area contributed by atoms with Crippen molar-refractivity contribution >= 4 is 23.2 Å². The number of halogens is 4. The fourth-order valence-electron chi connectivity index (χ4n) is 1.88. The van der Waals surface area contributed by atoms with Crippen LogP contribution < -0.4 is 21.1 Å². The number of hydrogen-bond acceptors (Lipinski definition) is 3. The van der Waals surface area contributed by atoms with Crippen molar-refractivity contribution in [3.05, 3.63) is 54.3 Å². The van der Waals surface area contributed by atoms with E-state index in [0.29, 0.717) is 0 Å². The molecule has 0 aliphatic carbocycles. The normalized spacial score (nSPS) is 11.8. The number of rotatable bonds is 5. The van der Waals surface area contributed by atoms with Gasteiger partial charge in [0.1, 0.15) is 12.4 Å². The van der Waals surface area contributed by atoms with Gasteiger partial charge in [0.05, 0.1) is 5.69 Å². The molecule has 6 nitrogen and oxygen atoms in total. The number of benzene rings is 2. The van der Waals surface area contributed by atoms with E-state index in [4.69, 9.17) is 5.73 Å². The average Bonchev–Trinajstić information content (AvgIpc) is 2.53. The van der Waals surface area contributed by atoms with Crippen molar-refractivity contribution in [3.8, 4) is 5.75 Å². The van der Waals surface area contributed by atoms with E-state index in [1.807, 2.05) is 0 Å². The molecule has 0 heterocycles. The highest BCUT2D eigenvalue weighted by molar-refractivity contribution is 5.97. The van der Waals surface area contributed by atoms with Crippen molar-refractivity contribution in [2.75, 3.05) is 17.2 Å². The summed E-state index contributed by atoms with van der Waals surface area (Å²) in [6, 6.07) is 10.5. The lowest BCUT2D eigenvalue weighted by Crippen LogP contribution is -2.26. The maximum Gasteiger partial charge on any atom is 0.573 e. The molecule has 10 heteroatoms. The van der Waals surface area contributed by atoms with Crippen LogP contribution in [0.15, 0.2) is 53.5 Å². The van der Waals surface area contributed by atoms with Gasteiger partial charge in [-0.1, -0.05) is 18.2 Å². The van der Waals surface area contributed by atoms with Crippen molar-refractivity contribution in [1.29, 1.82) is 0 Å². The van der Waals surface area contributed by atoms with E-state index in [9.17, 15) is 22.4 Å². The Hall–Kier alpha value is -3.30. The van der Waals surface area contributed by atoms with Gasteiger partial charge in [0, 0.05) is 5.69 Å². The standard InChI is InChI=1S/C16H14F4N4O2/c17-10-4-3-5-11(8-10)23-14(25)9-22-15(21)24-12-6-1-2-7-13(12)26-16(18,19)20/h1-8H,9H2,(H,23,25)(H3,21,22,24). The van der Waals surface area contributed by atoms with E-state index in [2.05, 4.69) is 20.4 Å². The molecule has 0 radical (unpaired) electrons. The van der Waals surface area contributed by atoms with Crippen molar-refractivity contribution < 1.29 is 27.1 Å². The van der Waals surface area contributed by atoms with Crippen LogP contribution >= 0.6 is 0 Å². The molecule has 2 aromatic carbocycles. The lowest BCUT2D eigenvalue weighted by atomic mass is 10.3. The Labute approximate surface area is 145 Å². The fourth-order valence-corrected chi connectivity index (χ4v) is 1.88. The lowest BCUT2D eigenvalue weighted by molar-refractivity contribution is -0.274. The van der Waals surface area contributed by atoms with Gasteiger partial charge in [-0.05, 0) is 30.3 Å². The zero-order chi connectivity index (χ0) is 19.2. The molecule has 0 aromatic heterocycles. The van der Waals surface area contributed by atoms with Crippen molar-refractivity contribution in [1.82, 2.24) is 0 Å². The molecule has 138 valence electrons. The Morgan fingerprint density at radius 1 is 1.12 bits per heavy atom. The third-order valence-electron chi connectivity index (χ3n) is 2.88. The molecule has 2 rings (SSSR count). The van der Waals surface area contributed by atoms with Gasteiger partial charge in [0.2, 0.25) is 5.91 Å². The number of nitrogens with two attached hydrogens (primary N) is 1. The summed E-state index contributed by atoms with van der Waals surface area (Å²) in [6.45, 7) is -0.419. The van der Waals surface area contributed by atoms with Gasteiger partial charge in [-0.2, -0.15) is 0 Å². The highest BCUT2D eigenvalue weighted by Crippen LogP contribution is 2.29. The van der Waals surface area contributed by atoms with Crippen LogP contribution in [-0.2, 0) is 4.79 Å². The summed E-state index contributed by atoms with van der Waals surface area (Å²) in [6.07, 6.45) is -4.87. The number of aliphatic imine (C=N–C) groups is 1. The summed E-state index contributed by atoms with van der Waals surface area (Å²) in [7, 11) is 0. The van der Waals surface area contributed by atoms with Gasteiger partial charge in [-0.15, -0.1) is 13.2 Å². The monoisotopic (exact) mass is 370 g/mol. The molecule has 1 amide bonds. The van der Waals surface area contributed by atoms with Gasteiger partial charge < -0.3 is 21.1 Å². The molecule has 0 spiro atoms. The molecule has 0 aliphatic rings. The first kappa shape index (κ1) is 19.0. The highest BCUT2D eigenvalue weighted by atomic mass is 19.4. The minimum atomic E-state index is -4.87. The zero-order valence-electron chi connectivity index (χ0n) is 13.2. The average molecular weight is 370 g/mol. The van der Waals surface area contributed by atoms with Gasteiger partial charge in [0.15, 0.2) is 11.7 Å². The van der Waals surface area contributed by atoms with Gasteiger partial charge in [0.25, 0.3) is 0 Å². The van der Waals surface area contributed by atoms with Gasteiger partial charge >= 0.3 is 6.36 Å². The molecule has 0 saturated carbocycles. The number of guanidine groups is 1. The Kier molecular flexibility index (Phi) is 5.99. The summed E-state index contributed by atoms with van der Waals surface area (Å²) in [5.41, 5.74) is 5.73. The van der Waals surface area contributed by atoms with Crippen LogP contribution in [-0.4, -0.2) is 24.8 Å². The number of amides is 1. The number of carbonyl (C=O) groups is 1. The first-order valence-corrected chi connectivity index (χ1v) is 7.20. The van der Waals surface area contributed by atoms with Crippen molar-refractivity contribution in [3.63, 3.8) is 0 Å². The van der Waals surface area contributed by atoms with Crippen molar-refractivity contribution in [2.24, 2.45) is 10.7 Å². The van der Waals surface area contributed by atoms with Crippen LogP contribution in [0.5, 0.6) is 5.75 Å². The fraction of sp³-hybridized carbons (Fsp3) is 0.125. The third kappa shape index (κ3) is 6.30. The Morgan fingerprint density at radius 3 is 2.54 bits per heavy atom. The topological polar surface area (TPSA) is 88.7 Å². The van der Waals surface area contributed by atoms with Crippen LogP contribution in [0.2, 0.25) is 0 Å². The van der Waals surface area contributed by atoms with E-state index < -0.39 is 30.4 Å². The molecule has 0 saturated heterocycles. The minimum Gasteiger partial charge on any atom is -0.404 e. The molecular formula is C16H14F4N4O2. The summed E-state index contributed by atoms with van der Waals surface area (Å²) < 4.78 is 54.0. The number of ether oxygens (including phenoxy) is 1. The predicted molar refractivity (Wildman–Crippen MR) is 88.3 cm³/mol. The molecule has 26 heavy (non-hydrogen) atoms. The van der Waals surface area contributed by atoms with Crippen LogP contribution in [0.1, 0.15) is 0 Å². The molecule has 0 bridgehead atoms. The smallest absolute Gasteiger partial charge is 0.404 e. The van der Waals surface area contributed by atoms with E-state index in [-0.39, 0.29) is 17.3 Å². The van der Waals surface area contributed by atoms with Crippen LogP contribution in [0, 0.1) is 5.82 Å². The number of anilines is 2. The first-order valence-electron chi connectivity index (χ1n) is 7.20. The Bertz CT molecular complexity index is 809. The third-order valence-corrected chi connectivity index (χ3v) is 2.88. The maximum absolute atomic E-state index is 13.0. The second-order valence-electron chi connectivity index (χ2n) is 4.93. The SMILES string of the molecule is NC(=NCC(=O)Nc1cccc(F)c1)Nc1ccccc1OC(F)(F)F. The number of para-hydroxylation sites is 2. The number of nitrogens with zero attached hydrogens (tertiary/aromatic N) is 1. The van der Waals surface area contributed by atoms with Crippen molar-refractivity contribution in [2.45, 2.75) is 6.36 Å². The molecule has 0 aliphatic heterocycles. The second kappa shape index (κ2) is 8.19. The molecule has 0 unspecified atom stereocenters. The van der Waals surface area contributed by atoms with E-state index in [1.165, 1.54) is 36.4 Å². The second-order valence-corrected chi connectivity index (χ2v) is 4.93. The van der Waals surface area contributed by atoms with Gasteiger partial charge in [-0.3, -0.25) is 4.79 Å². The highest BCUT2D eigenvalue weighted by Gasteiger charge is 2.32. The predicted octanol–water partition coefficient (Wildman–Crippen LogP) is 3.09. The largest absolute Gasteiger partial charge is 0.573 e. The molecule has 4 N–H and O–H groups in total. The van der Waals surface area contributed by atoms with E-state index in [0.717, 1.165) is 12.1 Å². The number of carbonyl (C=O) groups excluding carboxylic acids is 1. The Morgan fingerprint density at radius 2 is 1.85 bits per heavy atom. The summed E-state index contributed by atoms with van der Waals surface area (Å²) >= 11 is 0. The van der Waals surface area contributed by atoms with Crippen LogP contribution in [0.3, 0.4) is 0 Å². The van der Waals surface area contributed by atoms with Crippen LogP contribution in [0.25, 0.3) is 0 Å². The molecule has 0 fully saturated rings. The minimum absolute atomic E-state index is 0.0726. The number of alkyl halides is 3. The molecule has 0 atom stereocenters. The number of nitrogens with one attached hydrogen (secondary N) is 2. The summed E-state index contributed by atoms with van der Waals surface area (Å²) in [5, 5.41) is 4.83. The Balaban J connectivity index is 1.97. The summed E-state index contributed by atoms with van der Waals surface area (Å²) in [5.74, 6) is -1.89. The summed E-state index contributed by atoms with van der Waals surface area (Å²) in [4.78, 5) is 15.5. The molecular weight excluding hydrogens is 356 g/mol. The number of hydrogen-bond donors (Lipinski definition) is 3. The zero-order valence-corrected chi connectivity index (χ0v) is 13.2. The van der Waals surface area contributed by atoms with Gasteiger partial charge in [-0.25, -0.2) is 9.38 Å². The first-order chi connectivity index (χ1) is 12.2. The maximum atomic E-state index is 13.0. The van der Waals surface area contributed by atoms with E-state index >= 15 is 0 Å². The van der Waals surface area contributed by atoms with E-state index in [1.54, 1.807) is 0 Å². The molecule has 2 aromatic rings. The lowest BCUT2D eigenvalue weighted by Gasteiger charge is -2.14.